The number of rotatable bonds is 0. The fourth-order valence-electron chi connectivity index (χ4n) is 3.37. The van der Waals surface area contributed by atoms with Crippen molar-refractivity contribution in [2.24, 2.45) is 0 Å². The Labute approximate surface area is 140 Å². The van der Waals surface area contributed by atoms with Gasteiger partial charge in [0.25, 0.3) is 0 Å². The molecule has 1 aromatic rings. The van der Waals surface area contributed by atoms with Crippen molar-refractivity contribution in [1.29, 1.82) is 0 Å². The number of ether oxygens (including phenoxy) is 1. The smallest absolute Gasteiger partial charge is 0.410 e. The molecule has 0 atom stereocenters. The van der Waals surface area contributed by atoms with Crippen molar-refractivity contribution in [3.63, 3.8) is 0 Å². The van der Waals surface area contributed by atoms with Crippen LogP contribution in [0.2, 0.25) is 0 Å². The van der Waals surface area contributed by atoms with Crippen molar-refractivity contribution in [2.75, 3.05) is 25.0 Å². The Morgan fingerprint density at radius 3 is 2.64 bits per heavy atom. The summed E-state index contributed by atoms with van der Waals surface area (Å²) in [7, 11) is 0. The van der Waals surface area contributed by atoms with Gasteiger partial charge < -0.3 is 15.0 Å². The highest BCUT2D eigenvalue weighted by Crippen LogP contribution is 2.44. The maximum Gasteiger partial charge on any atom is 0.410 e. The van der Waals surface area contributed by atoms with Gasteiger partial charge in [-0.1, -0.05) is 22.0 Å². The number of hydrogen-bond donors (Lipinski definition) is 1. The number of anilines is 1. The van der Waals surface area contributed by atoms with Gasteiger partial charge in [-0.15, -0.1) is 0 Å². The predicted octanol–water partition coefficient (Wildman–Crippen LogP) is 4.14. The van der Waals surface area contributed by atoms with E-state index in [4.69, 9.17) is 4.74 Å². The van der Waals surface area contributed by atoms with Crippen LogP contribution in [0.25, 0.3) is 0 Å². The molecule has 2 heterocycles. The Balaban J connectivity index is 1.69. The molecule has 0 unspecified atom stereocenters. The van der Waals surface area contributed by atoms with Crippen LogP contribution in [0.5, 0.6) is 0 Å². The number of benzene rings is 1. The maximum absolute atomic E-state index is 12.2. The second kappa shape index (κ2) is 5.44. The lowest BCUT2D eigenvalue weighted by Gasteiger charge is -2.39. The molecule has 2 aliphatic heterocycles. The quantitative estimate of drug-likeness (QED) is 0.749. The molecule has 0 aromatic heterocycles. The molecule has 0 radical (unpaired) electrons. The Morgan fingerprint density at radius 1 is 1.32 bits per heavy atom. The minimum Gasteiger partial charge on any atom is -0.444 e. The van der Waals surface area contributed by atoms with E-state index in [-0.39, 0.29) is 11.5 Å². The third-order valence-electron chi connectivity index (χ3n) is 4.54. The first-order valence-corrected chi connectivity index (χ1v) is 8.60. The zero-order valence-corrected chi connectivity index (χ0v) is 15.0. The van der Waals surface area contributed by atoms with Crippen LogP contribution in [0.15, 0.2) is 22.7 Å². The molecule has 4 nitrogen and oxygen atoms in total. The summed E-state index contributed by atoms with van der Waals surface area (Å²) < 4.78 is 6.58. The van der Waals surface area contributed by atoms with Crippen molar-refractivity contribution in [2.45, 2.75) is 44.6 Å². The highest BCUT2D eigenvalue weighted by atomic mass is 79.9. The molecule has 1 N–H and O–H groups in total. The number of piperidine rings is 1. The molecule has 22 heavy (non-hydrogen) atoms. The monoisotopic (exact) mass is 366 g/mol. The predicted molar refractivity (Wildman–Crippen MR) is 91.4 cm³/mol. The summed E-state index contributed by atoms with van der Waals surface area (Å²) in [5.41, 5.74) is 2.34. The minimum atomic E-state index is -0.431. The number of carbonyl (C=O) groups excluding carboxylic acids is 1. The number of halogens is 1. The van der Waals surface area contributed by atoms with E-state index in [1.165, 1.54) is 11.3 Å². The van der Waals surface area contributed by atoms with E-state index in [0.717, 1.165) is 36.9 Å². The molecule has 5 heteroatoms. The second-order valence-electron chi connectivity index (χ2n) is 7.29. The zero-order valence-electron chi connectivity index (χ0n) is 13.4. The lowest BCUT2D eigenvalue weighted by atomic mass is 9.74. The lowest BCUT2D eigenvalue weighted by molar-refractivity contribution is 0.0172. The Hall–Kier alpha value is -1.23. The SMILES string of the molecule is CC(C)(C)OC(=O)N1CCC2(CC1)CNc1cc(Br)ccc12. The van der Waals surface area contributed by atoms with Gasteiger partial charge in [0.2, 0.25) is 0 Å². The van der Waals surface area contributed by atoms with E-state index in [9.17, 15) is 4.79 Å². The van der Waals surface area contributed by atoms with E-state index >= 15 is 0 Å². The van der Waals surface area contributed by atoms with Crippen LogP contribution in [0.4, 0.5) is 10.5 Å². The minimum absolute atomic E-state index is 0.161. The number of carbonyl (C=O) groups is 1. The van der Waals surface area contributed by atoms with E-state index < -0.39 is 5.60 Å². The number of hydrogen-bond acceptors (Lipinski definition) is 3. The van der Waals surface area contributed by atoms with Gasteiger partial charge in [-0.2, -0.15) is 0 Å². The highest BCUT2D eigenvalue weighted by Gasteiger charge is 2.42. The van der Waals surface area contributed by atoms with E-state index in [1.807, 2.05) is 25.7 Å². The first-order valence-electron chi connectivity index (χ1n) is 7.81. The number of nitrogens with zero attached hydrogens (tertiary/aromatic N) is 1. The number of nitrogens with one attached hydrogen (secondary N) is 1. The Kier molecular flexibility index (Phi) is 3.87. The highest BCUT2D eigenvalue weighted by molar-refractivity contribution is 9.10. The fourth-order valence-corrected chi connectivity index (χ4v) is 3.74. The number of likely N-dealkylation sites (tertiary alicyclic amines) is 1. The van der Waals surface area contributed by atoms with Crippen molar-refractivity contribution >= 4 is 27.7 Å². The average Bonchev–Trinajstić information content (AvgIpc) is 2.76. The summed E-state index contributed by atoms with van der Waals surface area (Å²) >= 11 is 3.52. The van der Waals surface area contributed by atoms with Gasteiger partial charge in [-0.05, 0) is 51.3 Å². The average molecular weight is 367 g/mol. The third-order valence-corrected chi connectivity index (χ3v) is 5.04. The van der Waals surface area contributed by atoms with E-state index in [0.29, 0.717) is 0 Å². The van der Waals surface area contributed by atoms with Crippen molar-refractivity contribution in [3.8, 4) is 0 Å². The lowest BCUT2D eigenvalue weighted by Crippen LogP contribution is -2.47. The topological polar surface area (TPSA) is 41.6 Å². The molecule has 0 bridgehead atoms. The van der Waals surface area contributed by atoms with Gasteiger partial charge in [0, 0.05) is 35.2 Å². The van der Waals surface area contributed by atoms with Gasteiger partial charge >= 0.3 is 6.09 Å². The summed E-state index contributed by atoms with van der Waals surface area (Å²) in [5.74, 6) is 0. The van der Waals surface area contributed by atoms with Crippen LogP contribution < -0.4 is 5.32 Å². The maximum atomic E-state index is 12.2. The van der Waals surface area contributed by atoms with Gasteiger partial charge in [-0.3, -0.25) is 0 Å². The van der Waals surface area contributed by atoms with Gasteiger partial charge in [-0.25, -0.2) is 4.79 Å². The van der Waals surface area contributed by atoms with Crippen molar-refractivity contribution in [3.05, 3.63) is 28.2 Å². The largest absolute Gasteiger partial charge is 0.444 e. The molecule has 1 aromatic carbocycles. The summed E-state index contributed by atoms with van der Waals surface area (Å²) in [4.78, 5) is 14.0. The second-order valence-corrected chi connectivity index (χ2v) is 8.21. The van der Waals surface area contributed by atoms with Crippen molar-refractivity contribution < 1.29 is 9.53 Å². The van der Waals surface area contributed by atoms with E-state index in [1.54, 1.807) is 0 Å². The normalized spacial score (nSPS) is 19.7. The molecular weight excluding hydrogens is 344 g/mol. The fraction of sp³-hybridized carbons (Fsp3) is 0.588. The molecule has 3 rings (SSSR count). The number of amides is 1. The molecule has 1 amide bonds. The van der Waals surface area contributed by atoms with Crippen LogP contribution in [0.1, 0.15) is 39.2 Å². The molecule has 1 saturated heterocycles. The molecule has 2 aliphatic rings. The van der Waals surface area contributed by atoms with E-state index in [2.05, 4.69) is 39.4 Å². The Bertz CT molecular complexity index is 587. The molecule has 1 fully saturated rings. The van der Waals surface area contributed by atoms with Crippen LogP contribution in [-0.4, -0.2) is 36.2 Å². The molecule has 1 spiro atoms. The van der Waals surface area contributed by atoms with Gasteiger partial charge in [0.05, 0.1) is 0 Å². The van der Waals surface area contributed by atoms with Crippen LogP contribution in [0, 0.1) is 0 Å². The summed E-state index contributed by atoms with van der Waals surface area (Å²) in [6.07, 6.45) is 1.77. The third kappa shape index (κ3) is 2.96. The van der Waals surface area contributed by atoms with Gasteiger partial charge in [0.1, 0.15) is 5.60 Å². The summed E-state index contributed by atoms with van der Waals surface area (Å²) in [6.45, 7) is 8.20. The standard InChI is InChI=1S/C17H23BrN2O2/c1-16(2,3)22-15(21)20-8-6-17(7-9-20)11-19-14-10-12(18)4-5-13(14)17/h4-5,10,19H,6-9,11H2,1-3H3. The Morgan fingerprint density at radius 2 is 2.00 bits per heavy atom. The zero-order chi connectivity index (χ0) is 16.0. The summed E-state index contributed by atoms with van der Waals surface area (Å²) in [5, 5.41) is 3.52. The molecule has 0 aliphatic carbocycles. The van der Waals surface area contributed by atoms with Crippen LogP contribution in [-0.2, 0) is 10.2 Å². The molecular formula is C17H23BrN2O2. The molecule has 120 valence electrons. The van der Waals surface area contributed by atoms with Gasteiger partial charge in [0.15, 0.2) is 0 Å². The number of fused-ring (bicyclic) bond motifs is 2. The van der Waals surface area contributed by atoms with Crippen molar-refractivity contribution in [1.82, 2.24) is 4.90 Å². The molecule has 0 saturated carbocycles. The first-order chi connectivity index (χ1) is 10.3. The first kappa shape index (κ1) is 15.7. The summed E-state index contributed by atoms with van der Waals surface area (Å²) in [6, 6.07) is 6.46. The van der Waals surface area contributed by atoms with Crippen LogP contribution >= 0.6 is 15.9 Å². The van der Waals surface area contributed by atoms with Crippen LogP contribution in [0.3, 0.4) is 0 Å².